The van der Waals surface area contributed by atoms with Gasteiger partial charge in [0.2, 0.25) is 0 Å². The third kappa shape index (κ3) is 6.55. The molecule has 0 saturated heterocycles. The lowest BCUT2D eigenvalue weighted by Gasteiger charge is -2.34. The molecule has 5 nitrogen and oxygen atoms in total. The molecule has 0 spiro atoms. The number of methoxy groups -OCH3 is 1. The number of ether oxygens (including phenoxy) is 2. The number of benzene rings is 1. The number of carbonyl (C=O) groups is 1. The maximum absolute atomic E-state index is 13.1. The largest absolute Gasteiger partial charge is 0.491 e. The number of anilines is 1. The molecule has 0 heterocycles. The van der Waals surface area contributed by atoms with Crippen LogP contribution in [0.3, 0.4) is 0 Å². The molecule has 0 radical (unpaired) electrons. The van der Waals surface area contributed by atoms with Crippen LogP contribution in [0.1, 0.15) is 66.4 Å². The van der Waals surface area contributed by atoms with Gasteiger partial charge in [-0.2, -0.15) is 5.26 Å². The van der Waals surface area contributed by atoms with Crippen LogP contribution in [0.25, 0.3) is 0 Å². The van der Waals surface area contributed by atoms with Crippen molar-refractivity contribution in [1.29, 1.82) is 5.26 Å². The second-order valence-electron chi connectivity index (χ2n) is 8.00. The summed E-state index contributed by atoms with van der Waals surface area (Å²) in [5.41, 5.74) is -0.0581. The van der Waals surface area contributed by atoms with E-state index in [0.717, 1.165) is 6.42 Å². The lowest BCUT2D eigenvalue weighted by molar-refractivity contribution is -0.142. The fourth-order valence-corrected chi connectivity index (χ4v) is 3.20. The summed E-state index contributed by atoms with van der Waals surface area (Å²) in [6.07, 6.45) is 2.17. The number of amides is 1. The van der Waals surface area contributed by atoms with Crippen molar-refractivity contribution < 1.29 is 14.3 Å². The van der Waals surface area contributed by atoms with Gasteiger partial charge in [0.25, 0.3) is 5.91 Å². The van der Waals surface area contributed by atoms with Crippen LogP contribution in [-0.4, -0.2) is 24.7 Å². The third-order valence-electron chi connectivity index (χ3n) is 4.55. The van der Waals surface area contributed by atoms with Crippen molar-refractivity contribution in [2.45, 2.75) is 72.5 Å². The molecule has 150 valence electrons. The second-order valence-corrected chi connectivity index (χ2v) is 8.00. The van der Waals surface area contributed by atoms with Crippen molar-refractivity contribution in [3.8, 4) is 11.8 Å². The summed E-state index contributed by atoms with van der Waals surface area (Å²) in [5, 5.41) is 12.4. The highest BCUT2D eigenvalue weighted by molar-refractivity contribution is 5.98. The van der Waals surface area contributed by atoms with Crippen molar-refractivity contribution in [1.82, 2.24) is 0 Å². The molecule has 1 N–H and O–H groups in total. The minimum atomic E-state index is -0.916. The molecule has 0 bridgehead atoms. The van der Waals surface area contributed by atoms with Crippen LogP contribution in [0.4, 0.5) is 5.69 Å². The zero-order valence-corrected chi connectivity index (χ0v) is 17.8. The fourth-order valence-electron chi connectivity index (χ4n) is 3.20. The summed E-state index contributed by atoms with van der Waals surface area (Å²) >= 11 is 0. The molecular weight excluding hydrogens is 340 g/mol. The summed E-state index contributed by atoms with van der Waals surface area (Å²) in [7, 11) is 1.58. The molecule has 1 unspecified atom stereocenters. The first kappa shape index (κ1) is 23.0. The van der Waals surface area contributed by atoms with Gasteiger partial charge in [-0.15, -0.1) is 0 Å². The zero-order chi connectivity index (χ0) is 20.6. The molecule has 1 rings (SSSR count). The summed E-state index contributed by atoms with van der Waals surface area (Å²) in [4.78, 5) is 13.1. The molecule has 1 atom stereocenters. The Morgan fingerprint density at radius 3 is 2.22 bits per heavy atom. The van der Waals surface area contributed by atoms with Crippen LogP contribution in [0.5, 0.6) is 5.75 Å². The number of nitriles is 1. The summed E-state index contributed by atoms with van der Waals surface area (Å²) in [6.45, 7) is 12.3. The molecule has 5 heteroatoms. The molecular formula is C22H34N2O3. The highest BCUT2D eigenvalue weighted by Gasteiger charge is 2.40. The summed E-state index contributed by atoms with van der Waals surface area (Å²) in [6, 6.07) is 7.32. The Morgan fingerprint density at radius 2 is 1.78 bits per heavy atom. The van der Waals surface area contributed by atoms with Crippen molar-refractivity contribution in [2.75, 3.05) is 12.4 Å². The number of nitrogens with one attached hydrogen (secondary N) is 1. The first-order valence-electron chi connectivity index (χ1n) is 9.74. The first-order valence-corrected chi connectivity index (χ1v) is 9.74. The van der Waals surface area contributed by atoms with Crippen molar-refractivity contribution in [3.05, 3.63) is 23.8 Å². The minimum Gasteiger partial charge on any atom is -0.491 e. The van der Waals surface area contributed by atoms with E-state index in [1.165, 1.54) is 0 Å². The van der Waals surface area contributed by atoms with E-state index in [2.05, 4.69) is 39.1 Å². The first-order chi connectivity index (χ1) is 12.7. The molecule has 1 aromatic rings. The van der Waals surface area contributed by atoms with Gasteiger partial charge in [-0.1, -0.05) is 34.6 Å². The normalized spacial score (nSPS) is 12.7. The SMILES string of the molecule is CCC(C)Oc1ccc(NC(=O)C(CC(C)C)(CC(C)C)OC)c(C#N)c1. The highest BCUT2D eigenvalue weighted by Crippen LogP contribution is 2.31. The predicted molar refractivity (Wildman–Crippen MR) is 109 cm³/mol. The summed E-state index contributed by atoms with van der Waals surface area (Å²) < 4.78 is 11.5. The van der Waals surface area contributed by atoms with Crippen LogP contribution in [-0.2, 0) is 9.53 Å². The lowest BCUT2D eigenvalue weighted by atomic mass is 9.84. The van der Waals surface area contributed by atoms with Gasteiger partial charge in [0.1, 0.15) is 17.4 Å². The maximum Gasteiger partial charge on any atom is 0.256 e. The number of nitrogens with zero attached hydrogens (tertiary/aromatic N) is 1. The Labute approximate surface area is 164 Å². The van der Waals surface area contributed by atoms with E-state index in [-0.39, 0.29) is 12.0 Å². The van der Waals surface area contributed by atoms with Crippen molar-refractivity contribution >= 4 is 11.6 Å². The molecule has 1 aromatic carbocycles. The lowest BCUT2D eigenvalue weighted by Crippen LogP contribution is -2.47. The molecule has 0 fully saturated rings. The van der Waals surface area contributed by atoms with Crippen LogP contribution in [0, 0.1) is 23.2 Å². The van der Waals surface area contributed by atoms with Crippen LogP contribution in [0.2, 0.25) is 0 Å². The van der Waals surface area contributed by atoms with Gasteiger partial charge in [-0.3, -0.25) is 4.79 Å². The number of hydrogen-bond acceptors (Lipinski definition) is 4. The van der Waals surface area contributed by atoms with Crippen LogP contribution < -0.4 is 10.1 Å². The highest BCUT2D eigenvalue weighted by atomic mass is 16.5. The zero-order valence-electron chi connectivity index (χ0n) is 17.8. The third-order valence-corrected chi connectivity index (χ3v) is 4.55. The quantitative estimate of drug-likeness (QED) is 0.614. The molecule has 0 aliphatic rings. The smallest absolute Gasteiger partial charge is 0.256 e. The van der Waals surface area contributed by atoms with Gasteiger partial charge in [0, 0.05) is 13.2 Å². The van der Waals surface area contributed by atoms with Gasteiger partial charge < -0.3 is 14.8 Å². The molecule has 1 amide bonds. The molecule has 0 saturated carbocycles. The Kier molecular flexibility index (Phi) is 8.78. The van der Waals surface area contributed by atoms with Crippen molar-refractivity contribution in [2.24, 2.45) is 11.8 Å². The van der Waals surface area contributed by atoms with E-state index in [9.17, 15) is 10.1 Å². The Balaban J connectivity index is 3.12. The van der Waals surface area contributed by atoms with Crippen LogP contribution >= 0.6 is 0 Å². The molecule has 0 aromatic heterocycles. The number of carbonyl (C=O) groups excluding carboxylic acids is 1. The molecule has 27 heavy (non-hydrogen) atoms. The summed E-state index contributed by atoms with van der Waals surface area (Å²) in [5.74, 6) is 1.02. The predicted octanol–water partition coefficient (Wildman–Crippen LogP) is 5.15. The Bertz CT molecular complexity index is 652. The van der Waals surface area contributed by atoms with Gasteiger partial charge in [-0.25, -0.2) is 0 Å². The van der Waals surface area contributed by atoms with E-state index >= 15 is 0 Å². The van der Waals surface area contributed by atoms with Gasteiger partial charge >= 0.3 is 0 Å². The Hall–Kier alpha value is -2.06. The van der Waals surface area contributed by atoms with E-state index in [0.29, 0.717) is 41.7 Å². The number of hydrogen-bond donors (Lipinski definition) is 1. The van der Waals surface area contributed by atoms with E-state index in [1.807, 2.05) is 13.8 Å². The van der Waals surface area contributed by atoms with Gasteiger partial charge in [0.05, 0.1) is 17.4 Å². The van der Waals surface area contributed by atoms with Gasteiger partial charge in [-0.05, 0) is 50.2 Å². The topological polar surface area (TPSA) is 71.3 Å². The van der Waals surface area contributed by atoms with E-state index in [1.54, 1.807) is 25.3 Å². The molecule has 0 aliphatic heterocycles. The standard InChI is InChI=1S/C22H34N2O3/c1-8-17(6)27-19-9-10-20(18(11-19)14-23)24-21(25)22(26-7,12-15(2)3)13-16(4)5/h9-11,15-17H,8,12-13H2,1-7H3,(H,24,25). The average Bonchev–Trinajstić information content (AvgIpc) is 2.61. The maximum atomic E-state index is 13.1. The second kappa shape index (κ2) is 10.3. The fraction of sp³-hybridized carbons (Fsp3) is 0.636. The van der Waals surface area contributed by atoms with E-state index in [4.69, 9.17) is 9.47 Å². The molecule has 0 aliphatic carbocycles. The van der Waals surface area contributed by atoms with E-state index < -0.39 is 5.60 Å². The monoisotopic (exact) mass is 374 g/mol. The number of rotatable bonds is 10. The van der Waals surface area contributed by atoms with Crippen LogP contribution in [0.15, 0.2) is 18.2 Å². The van der Waals surface area contributed by atoms with Crippen molar-refractivity contribution in [3.63, 3.8) is 0 Å². The Morgan fingerprint density at radius 1 is 1.19 bits per heavy atom. The van der Waals surface area contributed by atoms with Gasteiger partial charge in [0.15, 0.2) is 0 Å². The minimum absolute atomic E-state index is 0.0650. The average molecular weight is 375 g/mol.